The number of amides is 1. The van der Waals surface area contributed by atoms with E-state index in [0.29, 0.717) is 17.8 Å². The van der Waals surface area contributed by atoms with Crippen LogP contribution in [-0.4, -0.2) is 5.91 Å². The van der Waals surface area contributed by atoms with Crippen molar-refractivity contribution in [1.82, 2.24) is 0 Å². The molecule has 2 aromatic rings. The van der Waals surface area contributed by atoms with Crippen LogP contribution in [0.1, 0.15) is 18.1 Å². The van der Waals surface area contributed by atoms with Gasteiger partial charge in [-0.05, 0) is 42.3 Å². The van der Waals surface area contributed by atoms with Gasteiger partial charge in [0.15, 0.2) is 11.6 Å². The predicted molar refractivity (Wildman–Crippen MR) is 79.2 cm³/mol. The van der Waals surface area contributed by atoms with Crippen LogP contribution in [0.3, 0.4) is 0 Å². The maximum Gasteiger partial charge on any atom is 0.221 e. The molecule has 2 rings (SSSR count). The first-order valence-corrected chi connectivity index (χ1v) is 6.52. The van der Waals surface area contributed by atoms with Crippen LogP contribution in [0.2, 0.25) is 0 Å². The van der Waals surface area contributed by atoms with E-state index in [1.165, 1.54) is 13.0 Å². The predicted octanol–water partition coefficient (Wildman–Crippen LogP) is 3.84. The minimum atomic E-state index is -0.863. The molecule has 0 bridgehead atoms. The summed E-state index contributed by atoms with van der Waals surface area (Å²) in [6, 6.07) is 9.27. The van der Waals surface area contributed by atoms with Gasteiger partial charge in [0.1, 0.15) is 0 Å². The zero-order valence-electron chi connectivity index (χ0n) is 11.8. The van der Waals surface area contributed by atoms with Gasteiger partial charge in [0.05, 0.1) is 0 Å². The average Bonchev–Trinajstić information content (AvgIpc) is 2.42. The number of rotatable bonds is 4. The lowest BCUT2D eigenvalue weighted by Crippen LogP contribution is -2.07. The standard InChI is InChI=1S/C16H16F2N2O/c1-10-3-5-13(20-11(2)21)8-16(10)19-9-12-4-6-14(17)15(18)7-12/h3-8,19H,9H2,1-2H3,(H,20,21). The topological polar surface area (TPSA) is 41.1 Å². The van der Waals surface area contributed by atoms with Crippen molar-refractivity contribution in [3.8, 4) is 0 Å². The highest BCUT2D eigenvalue weighted by molar-refractivity contribution is 5.89. The quantitative estimate of drug-likeness (QED) is 0.898. The van der Waals surface area contributed by atoms with E-state index in [9.17, 15) is 13.6 Å². The summed E-state index contributed by atoms with van der Waals surface area (Å²) in [5, 5.41) is 5.85. The van der Waals surface area contributed by atoms with Gasteiger partial charge in [-0.2, -0.15) is 0 Å². The Kier molecular flexibility index (Phi) is 4.52. The number of carbonyl (C=O) groups excluding carboxylic acids is 1. The molecule has 2 N–H and O–H groups in total. The van der Waals surface area contributed by atoms with Crippen LogP contribution in [-0.2, 0) is 11.3 Å². The van der Waals surface area contributed by atoms with Crippen molar-refractivity contribution >= 4 is 17.3 Å². The summed E-state index contributed by atoms with van der Waals surface area (Å²) in [6.07, 6.45) is 0. The Hall–Kier alpha value is -2.43. The van der Waals surface area contributed by atoms with Gasteiger partial charge >= 0.3 is 0 Å². The maximum absolute atomic E-state index is 13.1. The summed E-state index contributed by atoms with van der Waals surface area (Å²) >= 11 is 0. The number of hydrogen-bond acceptors (Lipinski definition) is 2. The van der Waals surface area contributed by atoms with Crippen molar-refractivity contribution in [2.75, 3.05) is 10.6 Å². The normalized spacial score (nSPS) is 10.3. The zero-order chi connectivity index (χ0) is 15.4. The number of benzene rings is 2. The molecule has 3 nitrogen and oxygen atoms in total. The molecule has 0 heterocycles. The summed E-state index contributed by atoms with van der Waals surface area (Å²) in [4.78, 5) is 11.0. The first-order valence-electron chi connectivity index (χ1n) is 6.52. The SMILES string of the molecule is CC(=O)Nc1ccc(C)c(NCc2ccc(F)c(F)c2)c1. The fourth-order valence-electron chi connectivity index (χ4n) is 1.94. The van der Waals surface area contributed by atoms with E-state index < -0.39 is 11.6 Å². The molecule has 21 heavy (non-hydrogen) atoms. The molecule has 0 atom stereocenters. The van der Waals surface area contributed by atoms with Crippen LogP contribution in [0.5, 0.6) is 0 Å². The molecule has 0 saturated carbocycles. The van der Waals surface area contributed by atoms with Gasteiger partial charge in [-0.15, -0.1) is 0 Å². The van der Waals surface area contributed by atoms with Gasteiger partial charge in [0, 0.05) is 24.8 Å². The Morgan fingerprint density at radius 3 is 2.52 bits per heavy atom. The van der Waals surface area contributed by atoms with Gasteiger partial charge in [0.2, 0.25) is 5.91 Å². The van der Waals surface area contributed by atoms with Gasteiger partial charge in [0.25, 0.3) is 0 Å². The van der Waals surface area contributed by atoms with Crippen molar-refractivity contribution in [2.45, 2.75) is 20.4 Å². The minimum Gasteiger partial charge on any atom is -0.381 e. The second-order valence-corrected chi connectivity index (χ2v) is 4.81. The Bertz CT molecular complexity index is 671. The highest BCUT2D eigenvalue weighted by Gasteiger charge is 2.05. The summed E-state index contributed by atoms with van der Waals surface area (Å²) < 4.78 is 26.0. The van der Waals surface area contributed by atoms with E-state index in [4.69, 9.17) is 0 Å². The molecule has 5 heteroatoms. The maximum atomic E-state index is 13.1. The van der Waals surface area contributed by atoms with Crippen molar-refractivity contribution in [2.24, 2.45) is 0 Å². The molecule has 2 aromatic carbocycles. The van der Waals surface area contributed by atoms with Crippen molar-refractivity contribution in [3.63, 3.8) is 0 Å². The molecule has 0 aliphatic carbocycles. The second-order valence-electron chi connectivity index (χ2n) is 4.81. The largest absolute Gasteiger partial charge is 0.381 e. The van der Waals surface area contributed by atoms with Gasteiger partial charge in [-0.25, -0.2) is 8.78 Å². The van der Waals surface area contributed by atoms with E-state index >= 15 is 0 Å². The summed E-state index contributed by atoms with van der Waals surface area (Å²) in [7, 11) is 0. The average molecular weight is 290 g/mol. The molecule has 0 radical (unpaired) electrons. The van der Waals surface area contributed by atoms with E-state index in [0.717, 1.165) is 23.4 Å². The van der Waals surface area contributed by atoms with Crippen molar-refractivity contribution < 1.29 is 13.6 Å². The number of hydrogen-bond donors (Lipinski definition) is 2. The van der Waals surface area contributed by atoms with Crippen LogP contribution in [0.4, 0.5) is 20.2 Å². The lowest BCUT2D eigenvalue weighted by Gasteiger charge is -2.12. The third-order valence-electron chi connectivity index (χ3n) is 3.02. The molecule has 0 spiro atoms. The number of aryl methyl sites for hydroxylation is 1. The molecule has 0 unspecified atom stereocenters. The lowest BCUT2D eigenvalue weighted by atomic mass is 10.1. The Labute approximate surface area is 122 Å². The first kappa shape index (κ1) is 15.0. The van der Waals surface area contributed by atoms with E-state index in [2.05, 4.69) is 10.6 Å². The Balaban J connectivity index is 2.11. The van der Waals surface area contributed by atoms with Gasteiger partial charge in [-0.3, -0.25) is 4.79 Å². The smallest absolute Gasteiger partial charge is 0.221 e. The molecule has 0 aliphatic heterocycles. The molecule has 0 fully saturated rings. The van der Waals surface area contributed by atoms with Crippen LogP contribution < -0.4 is 10.6 Å². The summed E-state index contributed by atoms with van der Waals surface area (Å²) in [5.74, 6) is -1.87. The third-order valence-corrected chi connectivity index (χ3v) is 3.02. The highest BCUT2D eigenvalue weighted by atomic mass is 19.2. The molecule has 110 valence electrons. The number of anilines is 2. The molecular formula is C16H16F2N2O. The number of nitrogens with one attached hydrogen (secondary N) is 2. The minimum absolute atomic E-state index is 0.148. The van der Waals surface area contributed by atoms with E-state index in [1.54, 1.807) is 12.1 Å². The Morgan fingerprint density at radius 1 is 1.10 bits per heavy atom. The summed E-state index contributed by atoms with van der Waals surface area (Å²) in [6.45, 7) is 3.72. The van der Waals surface area contributed by atoms with Crippen LogP contribution >= 0.6 is 0 Å². The monoisotopic (exact) mass is 290 g/mol. The van der Waals surface area contributed by atoms with Crippen LogP contribution in [0.15, 0.2) is 36.4 Å². The van der Waals surface area contributed by atoms with Gasteiger partial charge < -0.3 is 10.6 Å². The highest BCUT2D eigenvalue weighted by Crippen LogP contribution is 2.21. The zero-order valence-corrected chi connectivity index (χ0v) is 11.8. The fraction of sp³-hybridized carbons (Fsp3) is 0.188. The molecule has 1 amide bonds. The van der Waals surface area contributed by atoms with E-state index in [1.807, 2.05) is 13.0 Å². The lowest BCUT2D eigenvalue weighted by molar-refractivity contribution is -0.114. The molecule has 0 aromatic heterocycles. The molecule has 0 aliphatic rings. The van der Waals surface area contributed by atoms with E-state index in [-0.39, 0.29) is 5.91 Å². The fourth-order valence-corrected chi connectivity index (χ4v) is 1.94. The summed E-state index contributed by atoms with van der Waals surface area (Å²) in [5.41, 5.74) is 3.14. The van der Waals surface area contributed by atoms with Gasteiger partial charge in [-0.1, -0.05) is 12.1 Å². The second kappa shape index (κ2) is 6.35. The number of halogens is 2. The van der Waals surface area contributed by atoms with Crippen LogP contribution in [0, 0.1) is 18.6 Å². The third kappa shape index (κ3) is 4.02. The number of carbonyl (C=O) groups is 1. The molecular weight excluding hydrogens is 274 g/mol. The van der Waals surface area contributed by atoms with Crippen molar-refractivity contribution in [3.05, 3.63) is 59.2 Å². The van der Waals surface area contributed by atoms with Crippen molar-refractivity contribution in [1.29, 1.82) is 0 Å². The van der Waals surface area contributed by atoms with Crippen LogP contribution in [0.25, 0.3) is 0 Å². The first-order chi connectivity index (χ1) is 9.95. The Morgan fingerprint density at radius 2 is 1.86 bits per heavy atom. The molecule has 0 saturated heterocycles.